The molecule has 0 spiro atoms. The number of hydrogen-bond acceptors (Lipinski definition) is 3. The normalized spacial score (nSPS) is 16.7. The maximum absolute atomic E-state index is 5.79. The Balaban J connectivity index is 1.71. The van der Waals surface area contributed by atoms with Crippen molar-refractivity contribution < 1.29 is 4.74 Å². The molecule has 2 rings (SSSR count). The van der Waals surface area contributed by atoms with Gasteiger partial charge in [0.2, 0.25) is 0 Å². The van der Waals surface area contributed by atoms with Crippen LogP contribution in [0.3, 0.4) is 0 Å². The summed E-state index contributed by atoms with van der Waals surface area (Å²) in [5.74, 6) is 0.857. The number of aromatic nitrogens is 1. The van der Waals surface area contributed by atoms with Gasteiger partial charge in [-0.3, -0.25) is 4.99 Å². The Labute approximate surface area is 143 Å². The molecule has 1 fully saturated rings. The summed E-state index contributed by atoms with van der Waals surface area (Å²) in [4.78, 5) is 8.39. The molecule has 5 nitrogen and oxygen atoms in total. The first kappa shape index (κ1) is 18.0. The Morgan fingerprint density at radius 1 is 1.39 bits per heavy atom. The van der Waals surface area contributed by atoms with Crippen molar-refractivity contribution in [3.05, 3.63) is 29.0 Å². The quantitative estimate of drug-likeness (QED) is 0.434. The zero-order valence-corrected chi connectivity index (χ0v) is 14.8. The Hall–Kier alpha value is -1.33. The van der Waals surface area contributed by atoms with Crippen molar-refractivity contribution >= 4 is 17.6 Å². The van der Waals surface area contributed by atoms with Gasteiger partial charge in [-0.25, -0.2) is 4.98 Å². The van der Waals surface area contributed by atoms with Crippen LogP contribution in [-0.4, -0.2) is 44.8 Å². The van der Waals surface area contributed by atoms with E-state index in [4.69, 9.17) is 16.3 Å². The third-order valence-electron chi connectivity index (χ3n) is 4.60. The second kappa shape index (κ2) is 9.08. The van der Waals surface area contributed by atoms with Gasteiger partial charge >= 0.3 is 0 Å². The zero-order chi connectivity index (χ0) is 16.5. The minimum Gasteiger partial charge on any atom is -0.385 e. The number of pyridine rings is 1. The van der Waals surface area contributed by atoms with Crippen molar-refractivity contribution in [2.24, 2.45) is 10.4 Å². The van der Waals surface area contributed by atoms with E-state index >= 15 is 0 Å². The molecule has 0 unspecified atom stereocenters. The number of guanidine groups is 1. The third kappa shape index (κ3) is 5.66. The van der Waals surface area contributed by atoms with Crippen LogP contribution in [0.1, 0.15) is 31.2 Å². The molecule has 128 valence electrons. The first-order valence-corrected chi connectivity index (χ1v) is 8.59. The van der Waals surface area contributed by atoms with Crippen LogP contribution in [-0.2, 0) is 11.2 Å². The van der Waals surface area contributed by atoms with Crippen LogP contribution in [0.2, 0.25) is 5.15 Å². The number of ether oxygens (including phenoxy) is 1. The van der Waals surface area contributed by atoms with E-state index < -0.39 is 0 Å². The van der Waals surface area contributed by atoms with E-state index in [2.05, 4.69) is 20.6 Å². The molecule has 0 saturated heterocycles. The zero-order valence-electron chi connectivity index (χ0n) is 14.1. The first-order chi connectivity index (χ1) is 11.2. The van der Waals surface area contributed by atoms with E-state index in [0.717, 1.165) is 44.1 Å². The predicted octanol–water partition coefficient (Wildman–Crippen LogP) is 2.65. The second-order valence-corrected chi connectivity index (χ2v) is 6.58. The number of methoxy groups -OCH3 is 1. The maximum atomic E-state index is 5.79. The average molecular weight is 339 g/mol. The lowest BCUT2D eigenvalue weighted by molar-refractivity contribution is 0.0732. The molecule has 0 amide bonds. The summed E-state index contributed by atoms with van der Waals surface area (Å²) in [7, 11) is 3.58. The van der Waals surface area contributed by atoms with Crippen LogP contribution in [0.4, 0.5) is 0 Å². The number of nitrogens with one attached hydrogen (secondary N) is 2. The van der Waals surface area contributed by atoms with Crippen molar-refractivity contribution in [1.82, 2.24) is 15.6 Å². The summed E-state index contributed by atoms with van der Waals surface area (Å²) < 4.78 is 5.24. The minimum absolute atomic E-state index is 0.383. The monoisotopic (exact) mass is 338 g/mol. The van der Waals surface area contributed by atoms with Gasteiger partial charge in [0.1, 0.15) is 5.15 Å². The number of nitrogens with zero attached hydrogens (tertiary/aromatic N) is 2. The smallest absolute Gasteiger partial charge is 0.191 e. The molecular formula is C17H27ClN4O. The predicted molar refractivity (Wildman–Crippen MR) is 95.1 cm³/mol. The first-order valence-electron chi connectivity index (χ1n) is 8.21. The molecule has 1 aliphatic carbocycles. The molecule has 23 heavy (non-hydrogen) atoms. The van der Waals surface area contributed by atoms with Crippen LogP contribution in [0, 0.1) is 5.41 Å². The highest BCUT2D eigenvalue weighted by Crippen LogP contribution is 2.43. The van der Waals surface area contributed by atoms with Crippen molar-refractivity contribution in [3.63, 3.8) is 0 Å². The summed E-state index contributed by atoms with van der Waals surface area (Å²) in [5.41, 5.74) is 1.54. The second-order valence-electron chi connectivity index (χ2n) is 6.19. The summed E-state index contributed by atoms with van der Waals surface area (Å²) in [6.45, 7) is 2.60. The maximum Gasteiger partial charge on any atom is 0.191 e. The van der Waals surface area contributed by atoms with Gasteiger partial charge in [-0.05, 0) is 42.7 Å². The van der Waals surface area contributed by atoms with E-state index in [1.54, 1.807) is 7.11 Å². The Morgan fingerprint density at radius 3 is 2.78 bits per heavy atom. The molecule has 0 radical (unpaired) electrons. The van der Waals surface area contributed by atoms with Crippen molar-refractivity contribution in [3.8, 4) is 0 Å². The lowest BCUT2D eigenvalue weighted by Gasteiger charge is -2.42. The number of rotatable bonds is 8. The van der Waals surface area contributed by atoms with E-state index in [1.807, 2.05) is 25.4 Å². The third-order valence-corrected chi connectivity index (χ3v) is 4.82. The lowest BCUT2D eigenvalue weighted by Crippen LogP contribution is -2.47. The molecule has 1 heterocycles. The van der Waals surface area contributed by atoms with Crippen molar-refractivity contribution in [2.75, 3.05) is 33.9 Å². The fraction of sp³-hybridized carbons (Fsp3) is 0.647. The molecule has 0 aromatic carbocycles. The van der Waals surface area contributed by atoms with Crippen molar-refractivity contribution in [1.29, 1.82) is 0 Å². The van der Waals surface area contributed by atoms with Crippen LogP contribution in [0.5, 0.6) is 0 Å². The van der Waals surface area contributed by atoms with Gasteiger partial charge in [0, 0.05) is 40.1 Å². The van der Waals surface area contributed by atoms with Gasteiger partial charge in [0.25, 0.3) is 0 Å². The van der Waals surface area contributed by atoms with Gasteiger partial charge in [-0.1, -0.05) is 24.1 Å². The fourth-order valence-electron chi connectivity index (χ4n) is 2.88. The van der Waals surface area contributed by atoms with E-state index in [1.165, 1.54) is 19.3 Å². The minimum atomic E-state index is 0.383. The fourth-order valence-corrected chi connectivity index (χ4v) is 2.99. The highest BCUT2D eigenvalue weighted by Gasteiger charge is 2.36. The highest BCUT2D eigenvalue weighted by molar-refractivity contribution is 6.29. The molecule has 1 aliphatic rings. The molecule has 6 heteroatoms. The molecule has 2 N–H and O–H groups in total. The van der Waals surface area contributed by atoms with Crippen LogP contribution in [0.25, 0.3) is 0 Å². The van der Waals surface area contributed by atoms with E-state index in [0.29, 0.717) is 10.6 Å². The number of aliphatic imine (C=N–C) groups is 1. The number of hydrogen-bond donors (Lipinski definition) is 2. The largest absolute Gasteiger partial charge is 0.385 e. The van der Waals surface area contributed by atoms with E-state index in [9.17, 15) is 0 Å². The summed E-state index contributed by atoms with van der Waals surface area (Å²) >= 11 is 5.79. The van der Waals surface area contributed by atoms with E-state index in [-0.39, 0.29) is 0 Å². The SMILES string of the molecule is CN=C(NCCc1ccc(Cl)nc1)NCC1(CCOC)CCC1. The topological polar surface area (TPSA) is 58.5 Å². The summed E-state index contributed by atoms with van der Waals surface area (Å²) in [6.07, 6.45) is 7.69. The molecule has 1 aromatic heterocycles. The van der Waals surface area contributed by atoms with Gasteiger partial charge in [0.05, 0.1) is 0 Å². The molecule has 1 aromatic rings. The number of halogens is 1. The molecule has 0 atom stereocenters. The van der Waals surface area contributed by atoms with Crippen molar-refractivity contribution in [2.45, 2.75) is 32.1 Å². The summed E-state index contributed by atoms with van der Waals surface area (Å²) in [5, 5.41) is 7.35. The van der Waals surface area contributed by atoms with Gasteiger partial charge in [-0.2, -0.15) is 0 Å². The molecule has 0 bridgehead atoms. The Kier molecular flexibility index (Phi) is 7.12. The Morgan fingerprint density at radius 2 is 2.22 bits per heavy atom. The van der Waals surface area contributed by atoms with Gasteiger partial charge < -0.3 is 15.4 Å². The summed E-state index contributed by atoms with van der Waals surface area (Å²) in [6, 6.07) is 3.82. The van der Waals surface area contributed by atoms with Crippen LogP contribution in [0.15, 0.2) is 23.3 Å². The standard InChI is InChI=1S/C17H27ClN4O/c1-19-16(20-10-6-14-4-5-15(18)21-12-14)22-13-17(7-3-8-17)9-11-23-2/h4-5,12H,3,6-11,13H2,1-2H3,(H2,19,20,22). The van der Waals surface area contributed by atoms with Gasteiger partial charge in [0.15, 0.2) is 5.96 Å². The van der Waals surface area contributed by atoms with Gasteiger partial charge in [-0.15, -0.1) is 0 Å². The van der Waals surface area contributed by atoms with Crippen LogP contribution < -0.4 is 10.6 Å². The molecular weight excluding hydrogens is 312 g/mol. The lowest BCUT2D eigenvalue weighted by atomic mass is 9.67. The average Bonchev–Trinajstić information content (AvgIpc) is 2.53. The highest BCUT2D eigenvalue weighted by atomic mass is 35.5. The molecule has 1 saturated carbocycles. The molecule has 0 aliphatic heterocycles. The van der Waals surface area contributed by atoms with Crippen LogP contribution >= 0.6 is 11.6 Å². The Bertz CT molecular complexity index is 500.